The van der Waals surface area contributed by atoms with Crippen LogP contribution in [0.2, 0.25) is 0 Å². The van der Waals surface area contributed by atoms with Crippen molar-refractivity contribution in [2.75, 3.05) is 0 Å². The Morgan fingerprint density at radius 1 is 1.17 bits per heavy atom. The van der Waals surface area contributed by atoms with Crippen molar-refractivity contribution in [3.05, 3.63) is 24.3 Å². The molecule has 0 aromatic carbocycles. The van der Waals surface area contributed by atoms with Crippen LogP contribution in [-0.4, -0.2) is 0 Å². The van der Waals surface area contributed by atoms with Gasteiger partial charge in [-0.3, -0.25) is 0 Å². The fourth-order valence-electron chi connectivity index (χ4n) is 3.06. The summed E-state index contributed by atoms with van der Waals surface area (Å²) in [6, 6.07) is 0. The van der Waals surface area contributed by atoms with Gasteiger partial charge in [-0.2, -0.15) is 0 Å². The van der Waals surface area contributed by atoms with Crippen molar-refractivity contribution in [1.29, 1.82) is 0 Å². The molecular formula is C18H32. The Labute approximate surface area is 115 Å². The van der Waals surface area contributed by atoms with Crippen molar-refractivity contribution in [3.8, 4) is 0 Å². The largest absolute Gasteiger partial charge is 0.103 e. The van der Waals surface area contributed by atoms with Crippen LogP contribution in [0, 0.1) is 5.92 Å². The first-order valence-corrected chi connectivity index (χ1v) is 8.18. The van der Waals surface area contributed by atoms with Crippen LogP contribution in [0.15, 0.2) is 24.3 Å². The maximum atomic E-state index is 3.80. The second-order valence-electron chi connectivity index (χ2n) is 5.79. The van der Waals surface area contributed by atoms with Gasteiger partial charge in [-0.25, -0.2) is 0 Å². The first kappa shape index (κ1) is 15.5. The molecule has 0 aromatic rings. The molecule has 18 heavy (non-hydrogen) atoms. The normalized spacial score (nSPS) is 17.3. The molecule has 1 atom stereocenters. The van der Waals surface area contributed by atoms with Gasteiger partial charge in [0.1, 0.15) is 0 Å². The van der Waals surface area contributed by atoms with Crippen LogP contribution in [-0.2, 0) is 0 Å². The summed E-state index contributed by atoms with van der Waals surface area (Å²) in [7, 11) is 0. The molecule has 0 heterocycles. The minimum Gasteiger partial charge on any atom is -0.103 e. The van der Waals surface area contributed by atoms with Gasteiger partial charge in [0.15, 0.2) is 0 Å². The van der Waals surface area contributed by atoms with E-state index in [0.29, 0.717) is 0 Å². The molecule has 0 saturated carbocycles. The van der Waals surface area contributed by atoms with Crippen LogP contribution in [0.4, 0.5) is 0 Å². The molecule has 0 aromatic heterocycles. The molecule has 1 aliphatic carbocycles. The molecule has 0 N–H and O–H groups in total. The molecule has 1 aliphatic rings. The predicted octanol–water partition coefficient (Wildman–Crippen LogP) is 6.43. The van der Waals surface area contributed by atoms with E-state index < -0.39 is 0 Å². The van der Waals surface area contributed by atoms with Gasteiger partial charge in [0, 0.05) is 0 Å². The van der Waals surface area contributed by atoms with Crippen molar-refractivity contribution in [3.63, 3.8) is 0 Å². The molecular weight excluding hydrogens is 216 g/mol. The highest BCUT2D eigenvalue weighted by Crippen LogP contribution is 2.31. The van der Waals surface area contributed by atoms with E-state index >= 15 is 0 Å². The highest BCUT2D eigenvalue weighted by molar-refractivity contribution is 5.09. The summed E-state index contributed by atoms with van der Waals surface area (Å²) in [6.07, 6.45) is 21.2. The zero-order valence-corrected chi connectivity index (χ0v) is 12.4. The molecule has 1 rings (SSSR count). The lowest BCUT2D eigenvalue weighted by Gasteiger charge is -2.23. The Balaban J connectivity index is 2.30. The summed E-state index contributed by atoms with van der Waals surface area (Å²) in [5, 5.41) is 0. The lowest BCUT2D eigenvalue weighted by Crippen LogP contribution is -2.07. The third-order valence-corrected chi connectivity index (χ3v) is 4.22. The summed E-state index contributed by atoms with van der Waals surface area (Å²) in [5.41, 5.74) is 1.80. The van der Waals surface area contributed by atoms with Gasteiger partial charge in [-0.1, -0.05) is 50.3 Å². The van der Waals surface area contributed by atoms with E-state index in [9.17, 15) is 0 Å². The minimum atomic E-state index is 0.911. The zero-order chi connectivity index (χ0) is 13.1. The Hall–Kier alpha value is -0.520. The molecule has 0 heteroatoms. The highest BCUT2D eigenvalue weighted by Gasteiger charge is 2.15. The summed E-state index contributed by atoms with van der Waals surface area (Å²) in [4.78, 5) is 0. The summed E-state index contributed by atoms with van der Waals surface area (Å²) >= 11 is 0. The fourth-order valence-corrected chi connectivity index (χ4v) is 3.06. The highest BCUT2D eigenvalue weighted by atomic mass is 14.2. The van der Waals surface area contributed by atoms with Crippen LogP contribution in [0.25, 0.3) is 0 Å². The molecule has 0 radical (unpaired) electrons. The van der Waals surface area contributed by atoms with Gasteiger partial charge in [-0.15, -0.1) is 6.58 Å². The molecule has 0 aliphatic heterocycles. The van der Waals surface area contributed by atoms with E-state index in [-0.39, 0.29) is 0 Å². The van der Waals surface area contributed by atoms with Crippen LogP contribution in [0.1, 0.15) is 84.0 Å². The van der Waals surface area contributed by atoms with Crippen molar-refractivity contribution in [2.24, 2.45) is 5.92 Å². The van der Waals surface area contributed by atoms with Gasteiger partial charge in [0.25, 0.3) is 0 Å². The molecule has 0 spiro atoms. The van der Waals surface area contributed by atoms with Crippen molar-refractivity contribution in [1.82, 2.24) is 0 Å². The average Bonchev–Trinajstić information content (AvgIpc) is 2.43. The van der Waals surface area contributed by atoms with Gasteiger partial charge < -0.3 is 0 Å². The number of hydrogen-bond donors (Lipinski definition) is 0. The van der Waals surface area contributed by atoms with E-state index in [4.69, 9.17) is 0 Å². The van der Waals surface area contributed by atoms with Gasteiger partial charge in [0.05, 0.1) is 0 Å². The lowest BCUT2D eigenvalue weighted by molar-refractivity contribution is 0.443. The van der Waals surface area contributed by atoms with Crippen molar-refractivity contribution >= 4 is 0 Å². The van der Waals surface area contributed by atoms with Gasteiger partial charge in [-0.05, 0) is 57.3 Å². The molecule has 0 nitrogen and oxygen atoms in total. The molecule has 0 fully saturated rings. The second-order valence-corrected chi connectivity index (χ2v) is 5.79. The molecule has 0 amide bonds. The summed E-state index contributed by atoms with van der Waals surface area (Å²) in [6.45, 7) is 6.11. The first-order chi connectivity index (χ1) is 8.88. The van der Waals surface area contributed by atoms with Crippen LogP contribution in [0.5, 0.6) is 0 Å². The molecule has 1 unspecified atom stereocenters. The van der Waals surface area contributed by atoms with E-state index in [1.54, 1.807) is 5.57 Å². The van der Waals surface area contributed by atoms with Gasteiger partial charge >= 0.3 is 0 Å². The third kappa shape index (κ3) is 6.42. The monoisotopic (exact) mass is 248 g/mol. The number of hydrogen-bond acceptors (Lipinski definition) is 0. The van der Waals surface area contributed by atoms with E-state index in [1.165, 1.54) is 77.0 Å². The lowest BCUT2D eigenvalue weighted by atomic mass is 9.83. The van der Waals surface area contributed by atoms with E-state index in [0.717, 1.165) is 5.92 Å². The van der Waals surface area contributed by atoms with Crippen LogP contribution >= 0.6 is 0 Å². The first-order valence-electron chi connectivity index (χ1n) is 8.18. The maximum absolute atomic E-state index is 3.80. The van der Waals surface area contributed by atoms with Crippen molar-refractivity contribution < 1.29 is 0 Å². The smallest absolute Gasteiger partial charge is 0.0203 e. The number of rotatable bonds is 10. The number of allylic oxidation sites excluding steroid dienone is 3. The van der Waals surface area contributed by atoms with Crippen LogP contribution in [0.3, 0.4) is 0 Å². The topological polar surface area (TPSA) is 0 Å². The van der Waals surface area contributed by atoms with Gasteiger partial charge in [0.2, 0.25) is 0 Å². The molecule has 104 valence electrons. The zero-order valence-electron chi connectivity index (χ0n) is 12.4. The predicted molar refractivity (Wildman–Crippen MR) is 82.8 cm³/mol. The third-order valence-electron chi connectivity index (χ3n) is 4.22. The Morgan fingerprint density at radius 2 is 2.00 bits per heavy atom. The Morgan fingerprint density at radius 3 is 2.67 bits per heavy atom. The second kappa shape index (κ2) is 10.4. The summed E-state index contributed by atoms with van der Waals surface area (Å²) < 4.78 is 0. The SMILES string of the molecule is C=CCCCCCC(CCCC)C1=CCCCC1. The summed E-state index contributed by atoms with van der Waals surface area (Å²) in [5.74, 6) is 0.911. The quantitative estimate of drug-likeness (QED) is 0.309. The minimum absolute atomic E-state index is 0.911. The molecule has 0 saturated heterocycles. The van der Waals surface area contributed by atoms with Crippen LogP contribution < -0.4 is 0 Å². The van der Waals surface area contributed by atoms with E-state index in [2.05, 4.69) is 25.7 Å². The Kier molecular flexibility index (Phi) is 8.98. The fraction of sp³-hybridized carbons (Fsp3) is 0.778. The number of unbranched alkanes of at least 4 members (excludes halogenated alkanes) is 4. The Bertz CT molecular complexity index is 236. The molecule has 0 bridgehead atoms. The van der Waals surface area contributed by atoms with Crippen molar-refractivity contribution in [2.45, 2.75) is 84.0 Å². The average molecular weight is 248 g/mol. The maximum Gasteiger partial charge on any atom is -0.0203 e. The standard InChI is InChI=1S/C18H32/c1-3-5-7-8-10-14-17(13-6-4-2)18-15-11-9-12-16-18/h3,15,17H,1,4-14,16H2,2H3. The van der Waals surface area contributed by atoms with E-state index in [1.807, 2.05) is 0 Å².